The van der Waals surface area contributed by atoms with Gasteiger partial charge >= 0.3 is 0 Å². The van der Waals surface area contributed by atoms with E-state index >= 15 is 0 Å². The highest BCUT2D eigenvalue weighted by molar-refractivity contribution is 6.32. The Hall–Kier alpha value is -1.22. The second-order valence-electron chi connectivity index (χ2n) is 3.95. The third-order valence-electron chi connectivity index (χ3n) is 2.62. The Labute approximate surface area is 100.0 Å². The van der Waals surface area contributed by atoms with Crippen molar-refractivity contribution in [3.63, 3.8) is 0 Å². The van der Waals surface area contributed by atoms with Crippen LogP contribution in [0.2, 0.25) is 0 Å². The topological polar surface area (TPSA) is 29.5 Å². The van der Waals surface area contributed by atoms with Gasteiger partial charge in [-0.3, -0.25) is 4.79 Å². The molecule has 0 N–H and O–H groups in total. The third kappa shape index (κ3) is 1.87. The molecule has 4 heteroatoms. The van der Waals surface area contributed by atoms with Crippen LogP contribution in [0.1, 0.15) is 13.8 Å². The first-order valence-corrected chi connectivity index (χ1v) is 5.74. The standard InChI is InChI=1S/C12H14ClNO2/c1-8-7-16-11-6-4-3-5-10(11)14(8)12(15)9(2)13/h3-6,8-9H,7H2,1-2H3. The molecule has 1 amide bonds. The minimum atomic E-state index is -0.520. The Bertz CT molecular complexity index is 406. The first kappa shape index (κ1) is 11.3. The predicted octanol–water partition coefficient (Wildman–Crippen LogP) is 2.43. The van der Waals surface area contributed by atoms with Crippen LogP contribution in [0.25, 0.3) is 0 Å². The molecular formula is C12H14ClNO2. The van der Waals surface area contributed by atoms with Gasteiger partial charge in [-0.2, -0.15) is 0 Å². The van der Waals surface area contributed by atoms with Gasteiger partial charge in [0.1, 0.15) is 17.7 Å². The van der Waals surface area contributed by atoms with Crippen LogP contribution in [0, 0.1) is 0 Å². The molecule has 2 unspecified atom stereocenters. The summed E-state index contributed by atoms with van der Waals surface area (Å²) in [6, 6.07) is 7.53. The molecule has 16 heavy (non-hydrogen) atoms. The molecule has 0 aliphatic carbocycles. The van der Waals surface area contributed by atoms with Gasteiger partial charge in [-0.15, -0.1) is 11.6 Å². The number of nitrogens with zero attached hydrogens (tertiary/aromatic N) is 1. The summed E-state index contributed by atoms with van der Waals surface area (Å²) in [7, 11) is 0. The van der Waals surface area contributed by atoms with Crippen molar-refractivity contribution < 1.29 is 9.53 Å². The lowest BCUT2D eigenvalue weighted by atomic mass is 10.1. The van der Waals surface area contributed by atoms with Crippen molar-refractivity contribution in [2.45, 2.75) is 25.3 Å². The van der Waals surface area contributed by atoms with Gasteiger partial charge in [0, 0.05) is 0 Å². The summed E-state index contributed by atoms with van der Waals surface area (Å²) in [6.45, 7) is 4.15. The average molecular weight is 240 g/mol. The van der Waals surface area contributed by atoms with Gasteiger partial charge < -0.3 is 9.64 Å². The Balaban J connectivity index is 2.40. The van der Waals surface area contributed by atoms with E-state index in [1.165, 1.54) is 0 Å². The molecule has 2 rings (SSSR count). The quantitative estimate of drug-likeness (QED) is 0.705. The van der Waals surface area contributed by atoms with Crippen LogP contribution in [-0.4, -0.2) is 23.9 Å². The molecule has 1 heterocycles. The van der Waals surface area contributed by atoms with Gasteiger partial charge in [0.2, 0.25) is 5.91 Å². The van der Waals surface area contributed by atoms with E-state index in [1.807, 2.05) is 31.2 Å². The molecule has 1 aliphatic heterocycles. The number of alkyl halides is 1. The summed E-state index contributed by atoms with van der Waals surface area (Å²) in [4.78, 5) is 13.7. The lowest BCUT2D eigenvalue weighted by Gasteiger charge is -2.35. The van der Waals surface area contributed by atoms with E-state index in [4.69, 9.17) is 16.3 Å². The number of amides is 1. The monoisotopic (exact) mass is 239 g/mol. The van der Waals surface area contributed by atoms with Gasteiger partial charge in [-0.1, -0.05) is 12.1 Å². The van der Waals surface area contributed by atoms with E-state index in [0.717, 1.165) is 11.4 Å². The van der Waals surface area contributed by atoms with Gasteiger partial charge in [-0.25, -0.2) is 0 Å². The third-order valence-corrected chi connectivity index (χ3v) is 2.81. The molecule has 0 spiro atoms. The fourth-order valence-corrected chi connectivity index (χ4v) is 1.93. The fraction of sp³-hybridized carbons (Fsp3) is 0.417. The highest BCUT2D eigenvalue weighted by Crippen LogP contribution is 2.34. The van der Waals surface area contributed by atoms with E-state index in [0.29, 0.717) is 6.61 Å². The lowest BCUT2D eigenvalue weighted by molar-refractivity contribution is -0.118. The van der Waals surface area contributed by atoms with Gasteiger partial charge in [0.05, 0.1) is 11.7 Å². The van der Waals surface area contributed by atoms with E-state index in [2.05, 4.69) is 0 Å². The Kier molecular flexibility index (Phi) is 3.06. The van der Waals surface area contributed by atoms with Crippen molar-refractivity contribution in [2.24, 2.45) is 0 Å². The number of halogens is 1. The highest BCUT2D eigenvalue weighted by Gasteiger charge is 2.31. The first-order chi connectivity index (χ1) is 7.61. The van der Waals surface area contributed by atoms with Crippen LogP contribution in [0.5, 0.6) is 5.75 Å². The van der Waals surface area contributed by atoms with Gasteiger partial charge in [0.25, 0.3) is 0 Å². The Morgan fingerprint density at radius 1 is 1.56 bits per heavy atom. The van der Waals surface area contributed by atoms with E-state index < -0.39 is 5.38 Å². The van der Waals surface area contributed by atoms with Gasteiger partial charge in [0.15, 0.2) is 0 Å². The number of rotatable bonds is 1. The predicted molar refractivity (Wildman–Crippen MR) is 64.2 cm³/mol. The van der Waals surface area contributed by atoms with Crippen LogP contribution in [-0.2, 0) is 4.79 Å². The maximum Gasteiger partial charge on any atom is 0.245 e. The van der Waals surface area contributed by atoms with Crippen molar-refractivity contribution in [2.75, 3.05) is 11.5 Å². The smallest absolute Gasteiger partial charge is 0.245 e. The van der Waals surface area contributed by atoms with Gasteiger partial charge in [-0.05, 0) is 26.0 Å². The Morgan fingerprint density at radius 3 is 2.94 bits per heavy atom. The van der Waals surface area contributed by atoms with Crippen LogP contribution >= 0.6 is 11.6 Å². The molecular weight excluding hydrogens is 226 g/mol. The van der Waals surface area contributed by atoms with Crippen LogP contribution in [0.15, 0.2) is 24.3 Å². The summed E-state index contributed by atoms with van der Waals surface area (Å²) in [5.74, 6) is 0.663. The van der Waals surface area contributed by atoms with Crippen LogP contribution < -0.4 is 9.64 Å². The van der Waals surface area contributed by atoms with Crippen molar-refractivity contribution in [1.29, 1.82) is 0 Å². The molecule has 0 saturated carbocycles. The second-order valence-corrected chi connectivity index (χ2v) is 4.61. The molecule has 86 valence electrons. The summed E-state index contributed by atoms with van der Waals surface area (Å²) >= 11 is 5.86. The minimum Gasteiger partial charge on any atom is -0.489 e. The number of carbonyl (C=O) groups is 1. The second kappa shape index (κ2) is 4.34. The average Bonchev–Trinajstić information content (AvgIpc) is 2.28. The molecule has 3 nitrogen and oxygen atoms in total. The zero-order chi connectivity index (χ0) is 11.7. The van der Waals surface area contributed by atoms with Crippen LogP contribution in [0.3, 0.4) is 0 Å². The summed E-state index contributed by atoms with van der Waals surface area (Å²) in [5.41, 5.74) is 0.804. The van der Waals surface area contributed by atoms with E-state index in [-0.39, 0.29) is 11.9 Å². The van der Waals surface area contributed by atoms with Crippen LogP contribution in [0.4, 0.5) is 5.69 Å². The van der Waals surface area contributed by atoms with Crippen molar-refractivity contribution in [1.82, 2.24) is 0 Å². The van der Waals surface area contributed by atoms with E-state index in [1.54, 1.807) is 11.8 Å². The maximum absolute atomic E-state index is 12.0. The molecule has 2 atom stereocenters. The number of para-hydroxylation sites is 2. The molecule has 1 aromatic carbocycles. The summed E-state index contributed by atoms with van der Waals surface area (Å²) in [5, 5.41) is -0.520. The molecule has 1 aromatic rings. The van der Waals surface area contributed by atoms with Crippen molar-refractivity contribution in [3.8, 4) is 5.75 Å². The SMILES string of the molecule is CC(Cl)C(=O)N1c2ccccc2OCC1C. The lowest BCUT2D eigenvalue weighted by Crippen LogP contribution is -2.47. The zero-order valence-electron chi connectivity index (χ0n) is 9.31. The molecule has 0 radical (unpaired) electrons. The molecule has 0 fully saturated rings. The number of anilines is 1. The number of carbonyl (C=O) groups excluding carboxylic acids is 1. The minimum absolute atomic E-state index is 0.0172. The fourth-order valence-electron chi connectivity index (χ4n) is 1.83. The molecule has 0 aromatic heterocycles. The number of hydrogen-bond acceptors (Lipinski definition) is 2. The molecule has 0 bridgehead atoms. The number of fused-ring (bicyclic) bond motifs is 1. The number of benzene rings is 1. The summed E-state index contributed by atoms with van der Waals surface area (Å²) in [6.07, 6.45) is 0. The summed E-state index contributed by atoms with van der Waals surface area (Å²) < 4.78 is 5.56. The highest BCUT2D eigenvalue weighted by atomic mass is 35.5. The van der Waals surface area contributed by atoms with E-state index in [9.17, 15) is 4.79 Å². The number of ether oxygens (including phenoxy) is 1. The maximum atomic E-state index is 12.0. The van der Waals surface area contributed by atoms with Crippen molar-refractivity contribution >= 4 is 23.2 Å². The number of hydrogen-bond donors (Lipinski definition) is 0. The molecule has 0 saturated heterocycles. The normalized spacial score (nSPS) is 20.9. The van der Waals surface area contributed by atoms with Crippen molar-refractivity contribution in [3.05, 3.63) is 24.3 Å². The first-order valence-electron chi connectivity index (χ1n) is 5.30. The Morgan fingerprint density at radius 2 is 2.25 bits per heavy atom. The molecule has 1 aliphatic rings. The zero-order valence-corrected chi connectivity index (χ0v) is 10.1. The largest absolute Gasteiger partial charge is 0.489 e.